The highest BCUT2D eigenvalue weighted by atomic mass is 16.5. The van der Waals surface area contributed by atoms with Gasteiger partial charge in [-0.2, -0.15) is 0 Å². The maximum Gasteiger partial charge on any atom is 0.300 e. The second-order valence-corrected chi connectivity index (χ2v) is 9.01. The Morgan fingerprint density at radius 1 is 0.769 bits per heavy atom. The zero-order chi connectivity index (χ0) is 27.5. The summed E-state index contributed by atoms with van der Waals surface area (Å²) in [6.45, 7) is 1.87. The Balaban J connectivity index is 1.70. The number of aliphatic hydroxyl groups is 1. The quantitative estimate of drug-likeness (QED) is 0.171. The van der Waals surface area contributed by atoms with Crippen molar-refractivity contribution in [1.82, 2.24) is 0 Å². The third-order valence-electron chi connectivity index (χ3n) is 6.64. The molecular formula is C32H27NO6. The molecule has 39 heavy (non-hydrogen) atoms. The number of aryl methyl sites for hydroxylation is 1. The first-order chi connectivity index (χ1) is 18.9. The number of ether oxygens (including phenoxy) is 3. The van der Waals surface area contributed by atoms with Crippen LogP contribution in [0.4, 0.5) is 5.69 Å². The van der Waals surface area contributed by atoms with Crippen LogP contribution in [-0.4, -0.2) is 31.0 Å². The Kier molecular flexibility index (Phi) is 7.06. The lowest BCUT2D eigenvalue weighted by molar-refractivity contribution is -0.132. The minimum absolute atomic E-state index is 0.0522. The van der Waals surface area contributed by atoms with Crippen molar-refractivity contribution in [3.8, 4) is 23.0 Å². The van der Waals surface area contributed by atoms with Crippen molar-refractivity contribution in [3.63, 3.8) is 0 Å². The molecule has 0 bridgehead atoms. The van der Waals surface area contributed by atoms with Crippen LogP contribution in [0.15, 0.2) is 103 Å². The summed E-state index contributed by atoms with van der Waals surface area (Å²) in [6.07, 6.45) is 0. The SMILES string of the molecule is COc1ccc(/C(O)=C2\C(=O)C(=O)N(c3ccccc3C)C2c2cccc(Oc3ccccc3)c2)c(OC)c1. The highest BCUT2D eigenvalue weighted by Gasteiger charge is 2.47. The first-order valence-corrected chi connectivity index (χ1v) is 12.3. The number of anilines is 1. The maximum atomic E-state index is 13.6. The molecule has 0 aliphatic carbocycles. The van der Waals surface area contributed by atoms with E-state index in [1.807, 2.05) is 49.4 Å². The molecule has 1 fully saturated rings. The third kappa shape index (κ3) is 4.82. The molecule has 1 atom stereocenters. The Bertz CT molecular complexity index is 1580. The van der Waals surface area contributed by atoms with E-state index in [0.29, 0.717) is 34.2 Å². The van der Waals surface area contributed by atoms with Gasteiger partial charge in [0.25, 0.3) is 11.7 Å². The van der Waals surface area contributed by atoms with E-state index in [-0.39, 0.29) is 16.9 Å². The van der Waals surface area contributed by atoms with Gasteiger partial charge >= 0.3 is 0 Å². The van der Waals surface area contributed by atoms with E-state index in [9.17, 15) is 14.7 Å². The number of amides is 1. The van der Waals surface area contributed by atoms with Crippen LogP contribution in [-0.2, 0) is 9.59 Å². The van der Waals surface area contributed by atoms with Crippen LogP contribution < -0.4 is 19.1 Å². The number of benzene rings is 4. The van der Waals surface area contributed by atoms with Crippen molar-refractivity contribution in [3.05, 3.63) is 119 Å². The lowest BCUT2D eigenvalue weighted by Crippen LogP contribution is -2.30. The summed E-state index contributed by atoms with van der Waals surface area (Å²) < 4.78 is 16.8. The molecule has 196 valence electrons. The van der Waals surface area contributed by atoms with Crippen molar-refractivity contribution >= 4 is 23.1 Å². The molecule has 1 N–H and O–H groups in total. The van der Waals surface area contributed by atoms with Gasteiger partial charge in [-0.15, -0.1) is 0 Å². The van der Waals surface area contributed by atoms with Crippen molar-refractivity contribution in [2.24, 2.45) is 0 Å². The van der Waals surface area contributed by atoms with Crippen LogP contribution in [0.1, 0.15) is 22.7 Å². The molecule has 1 amide bonds. The van der Waals surface area contributed by atoms with Gasteiger partial charge in [-0.25, -0.2) is 0 Å². The molecule has 0 radical (unpaired) electrons. The van der Waals surface area contributed by atoms with E-state index >= 15 is 0 Å². The molecule has 1 heterocycles. The van der Waals surface area contributed by atoms with Crippen LogP contribution in [0, 0.1) is 6.92 Å². The normalized spacial score (nSPS) is 16.3. The van der Waals surface area contributed by atoms with Crippen LogP contribution in [0.25, 0.3) is 5.76 Å². The molecule has 4 aromatic rings. The summed E-state index contributed by atoms with van der Waals surface area (Å²) in [5.41, 5.74) is 2.19. The molecule has 0 saturated carbocycles. The molecule has 0 aromatic heterocycles. The molecule has 1 aliphatic heterocycles. The number of methoxy groups -OCH3 is 2. The molecule has 0 spiro atoms. The Morgan fingerprint density at radius 2 is 1.49 bits per heavy atom. The molecule has 1 unspecified atom stereocenters. The Labute approximate surface area is 226 Å². The molecule has 5 rings (SSSR count). The zero-order valence-corrected chi connectivity index (χ0v) is 21.8. The van der Waals surface area contributed by atoms with Crippen LogP contribution >= 0.6 is 0 Å². The predicted molar refractivity (Wildman–Crippen MR) is 148 cm³/mol. The predicted octanol–water partition coefficient (Wildman–Crippen LogP) is 6.43. The lowest BCUT2D eigenvalue weighted by Gasteiger charge is -2.27. The summed E-state index contributed by atoms with van der Waals surface area (Å²) in [6, 6.07) is 27.7. The number of carbonyl (C=O) groups is 2. The minimum atomic E-state index is -0.919. The van der Waals surface area contributed by atoms with Gasteiger partial charge in [0.05, 0.1) is 31.4 Å². The topological polar surface area (TPSA) is 85.3 Å². The molecule has 7 nitrogen and oxygen atoms in total. The Hall–Kier alpha value is -5.04. The van der Waals surface area contributed by atoms with E-state index in [1.165, 1.54) is 19.1 Å². The summed E-state index contributed by atoms with van der Waals surface area (Å²) in [4.78, 5) is 28.6. The Morgan fingerprint density at radius 3 is 2.21 bits per heavy atom. The van der Waals surface area contributed by atoms with E-state index in [2.05, 4.69) is 0 Å². The van der Waals surface area contributed by atoms with Gasteiger partial charge in [0.15, 0.2) is 0 Å². The summed E-state index contributed by atoms with van der Waals surface area (Å²) >= 11 is 0. The number of ketones is 1. The molecular weight excluding hydrogens is 494 g/mol. The third-order valence-corrected chi connectivity index (χ3v) is 6.64. The van der Waals surface area contributed by atoms with E-state index in [1.54, 1.807) is 54.6 Å². The fourth-order valence-electron chi connectivity index (χ4n) is 4.74. The highest BCUT2D eigenvalue weighted by molar-refractivity contribution is 6.51. The first kappa shape index (κ1) is 25.6. The minimum Gasteiger partial charge on any atom is -0.507 e. The van der Waals surface area contributed by atoms with Crippen LogP contribution in [0.5, 0.6) is 23.0 Å². The number of carbonyl (C=O) groups excluding carboxylic acids is 2. The fourth-order valence-corrected chi connectivity index (χ4v) is 4.74. The second kappa shape index (κ2) is 10.8. The largest absolute Gasteiger partial charge is 0.507 e. The average molecular weight is 522 g/mol. The summed E-state index contributed by atoms with van der Waals surface area (Å²) in [5, 5.41) is 11.6. The lowest BCUT2D eigenvalue weighted by atomic mass is 9.94. The zero-order valence-electron chi connectivity index (χ0n) is 21.8. The standard InChI is InChI=1S/C32H27NO6/c1-20-10-7-8-15-26(20)33-29(21-11-9-14-24(18-21)39-22-12-5-4-6-13-22)28(31(35)32(33)36)30(34)25-17-16-23(37-2)19-27(25)38-3/h4-19,29,34H,1-3H3/b30-28+. The average Bonchev–Trinajstić information content (AvgIpc) is 3.23. The number of rotatable bonds is 7. The first-order valence-electron chi connectivity index (χ1n) is 12.3. The summed E-state index contributed by atoms with van der Waals surface area (Å²) in [7, 11) is 2.98. The van der Waals surface area contributed by atoms with Gasteiger partial charge in [0.1, 0.15) is 28.8 Å². The van der Waals surface area contributed by atoms with Gasteiger partial charge in [-0.05, 0) is 60.5 Å². The molecule has 7 heteroatoms. The van der Waals surface area contributed by atoms with Gasteiger partial charge < -0.3 is 19.3 Å². The van der Waals surface area contributed by atoms with Gasteiger partial charge in [-0.1, -0.05) is 48.5 Å². The van der Waals surface area contributed by atoms with Crippen molar-refractivity contribution in [1.29, 1.82) is 0 Å². The summed E-state index contributed by atoms with van der Waals surface area (Å²) in [5.74, 6) is 0.107. The monoisotopic (exact) mass is 521 g/mol. The molecule has 4 aromatic carbocycles. The number of aliphatic hydroxyl groups excluding tert-OH is 1. The number of para-hydroxylation sites is 2. The second-order valence-electron chi connectivity index (χ2n) is 9.01. The molecule has 1 saturated heterocycles. The van der Waals surface area contributed by atoms with Gasteiger partial charge in [0.2, 0.25) is 0 Å². The van der Waals surface area contributed by atoms with Crippen molar-refractivity contribution in [2.45, 2.75) is 13.0 Å². The number of Topliss-reactive ketones (excluding diaryl/α,β-unsaturated/α-hetero) is 1. The number of hydrogen-bond acceptors (Lipinski definition) is 6. The smallest absolute Gasteiger partial charge is 0.300 e. The van der Waals surface area contributed by atoms with Crippen LogP contribution in [0.2, 0.25) is 0 Å². The number of hydrogen-bond donors (Lipinski definition) is 1. The molecule has 1 aliphatic rings. The highest BCUT2D eigenvalue weighted by Crippen LogP contribution is 2.45. The number of nitrogens with zero attached hydrogens (tertiary/aromatic N) is 1. The van der Waals surface area contributed by atoms with Crippen LogP contribution in [0.3, 0.4) is 0 Å². The van der Waals surface area contributed by atoms with Crippen molar-refractivity contribution in [2.75, 3.05) is 19.1 Å². The van der Waals surface area contributed by atoms with Gasteiger partial charge in [-0.3, -0.25) is 14.5 Å². The van der Waals surface area contributed by atoms with E-state index < -0.39 is 17.7 Å². The fraction of sp³-hybridized carbons (Fsp3) is 0.125. The maximum absolute atomic E-state index is 13.6. The van der Waals surface area contributed by atoms with E-state index in [4.69, 9.17) is 14.2 Å². The van der Waals surface area contributed by atoms with Crippen molar-refractivity contribution < 1.29 is 28.9 Å². The van der Waals surface area contributed by atoms with Gasteiger partial charge in [0, 0.05) is 11.8 Å². The van der Waals surface area contributed by atoms with E-state index in [0.717, 1.165) is 5.56 Å².